The van der Waals surface area contributed by atoms with Crippen molar-refractivity contribution in [3.8, 4) is 0 Å². The molecule has 0 unspecified atom stereocenters. The number of hydrogen-bond donors (Lipinski definition) is 1. The lowest BCUT2D eigenvalue weighted by Crippen LogP contribution is -1.96. The van der Waals surface area contributed by atoms with E-state index in [0.717, 1.165) is 25.3 Å². The third-order valence-electron chi connectivity index (χ3n) is 3.09. The Morgan fingerprint density at radius 1 is 1.24 bits per heavy atom. The number of allylic oxidation sites excluding steroid dienone is 3. The highest BCUT2D eigenvalue weighted by molar-refractivity contribution is 5.80. The zero-order chi connectivity index (χ0) is 12.1. The number of fused-ring (bicyclic) bond motifs is 1. The molecule has 0 aliphatic heterocycles. The minimum Gasteiger partial charge on any atom is -0.478 e. The number of aliphatic carboxylic acids is 1. The van der Waals surface area contributed by atoms with Crippen LogP contribution in [0.2, 0.25) is 0 Å². The molecule has 0 fully saturated rings. The molecule has 17 heavy (non-hydrogen) atoms. The predicted molar refractivity (Wildman–Crippen MR) is 67.9 cm³/mol. The summed E-state index contributed by atoms with van der Waals surface area (Å²) in [4.78, 5) is 10.2. The van der Waals surface area contributed by atoms with Crippen molar-refractivity contribution in [3.63, 3.8) is 0 Å². The minimum absolute atomic E-state index is 0.668. The van der Waals surface area contributed by atoms with Crippen LogP contribution in [0.15, 0.2) is 48.6 Å². The molecule has 0 saturated heterocycles. The monoisotopic (exact) mass is 228 g/mol. The standard InChI is InChI=1S/C15H16O2/c16-15(17)9-3-1-2-6-12-10-13-7-4-5-8-14(13)11-12/h1-5,7-9,12H,6,10-11H2,(H,16,17)/b2-1+,9-3+. The first-order valence-corrected chi connectivity index (χ1v) is 5.88. The largest absolute Gasteiger partial charge is 0.478 e. The molecule has 0 aromatic heterocycles. The molecular weight excluding hydrogens is 212 g/mol. The Kier molecular flexibility index (Phi) is 3.76. The van der Waals surface area contributed by atoms with Gasteiger partial charge in [-0.1, -0.05) is 42.5 Å². The van der Waals surface area contributed by atoms with Crippen LogP contribution in [-0.4, -0.2) is 11.1 Å². The summed E-state index contributed by atoms with van der Waals surface area (Å²) in [6, 6.07) is 8.58. The molecule has 2 rings (SSSR count). The van der Waals surface area contributed by atoms with Crippen molar-refractivity contribution in [1.29, 1.82) is 0 Å². The van der Waals surface area contributed by atoms with E-state index in [2.05, 4.69) is 30.3 Å². The van der Waals surface area contributed by atoms with Gasteiger partial charge in [-0.2, -0.15) is 0 Å². The zero-order valence-corrected chi connectivity index (χ0v) is 9.67. The van der Waals surface area contributed by atoms with Crippen molar-refractivity contribution in [3.05, 3.63) is 59.7 Å². The average molecular weight is 228 g/mol. The van der Waals surface area contributed by atoms with Gasteiger partial charge in [-0.3, -0.25) is 0 Å². The van der Waals surface area contributed by atoms with Gasteiger partial charge in [-0.05, 0) is 36.3 Å². The quantitative estimate of drug-likeness (QED) is 0.635. The summed E-state index contributed by atoms with van der Waals surface area (Å²) in [5.74, 6) is -0.232. The minimum atomic E-state index is -0.900. The third-order valence-corrected chi connectivity index (χ3v) is 3.09. The topological polar surface area (TPSA) is 37.3 Å². The summed E-state index contributed by atoms with van der Waals surface area (Å²) in [5.41, 5.74) is 2.93. The highest BCUT2D eigenvalue weighted by atomic mass is 16.4. The second-order valence-corrected chi connectivity index (χ2v) is 4.40. The van der Waals surface area contributed by atoms with E-state index in [1.165, 1.54) is 11.1 Å². The van der Waals surface area contributed by atoms with Gasteiger partial charge in [0.05, 0.1) is 0 Å². The molecule has 1 N–H and O–H groups in total. The predicted octanol–water partition coefficient (Wildman–Crippen LogP) is 2.99. The van der Waals surface area contributed by atoms with E-state index in [-0.39, 0.29) is 0 Å². The molecule has 1 aliphatic carbocycles. The lowest BCUT2D eigenvalue weighted by atomic mass is 10.0. The van der Waals surface area contributed by atoms with Crippen LogP contribution in [-0.2, 0) is 17.6 Å². The SMILES string of the molecule is O=C(O)/C=C/C=C/CC1Cc2ccccc2C1. The lowest BCUT2D eigenvalue weighted by molar-refractivity contribution is -0.131. The second kappa shape index (κ2) is 5.48. The normalized spacial score (nSPS) is 15.8. The molecule has 1 aromatic rings. The molecule has 0 amide bonds. The van der Waals surface area contributed by atoms with Crippen LogP contribution < -0.4 is 0 Å². The Morgan fingerprint density at radius 2 is 1.88 bits per heavy atom. The van der Waals surface area contributed by atoms with E-state index in [0.29, 0.717) is 5.92 Å². The number of benzene rings is 1. The highest BCUT2D eigenvalue weighted by Crippen LogP contribution is 2.28. The summed E-state index contributed by atoms with van der Waals surface area (Å²) in [7, 11) is 0. The van der Waals surface area contributed by atoms with Crippen LogP contribution in [0.25, 0.3) is 0 Å². The maximum absolute atomic E-state index is 10.2. The molecule has 0 radical (unpaired) electrons. The van der Waals surface area contributed by atoms with Crippen LogP contribution in [0.1, 0.15) is 17.5 Å². The number of rotatable bonds is 4. The summed E-state index contributed by atoms with van der Waals surface area (Å²) >= 11 is 0. The van der Waals surface area contributed by atoms with E-state index in [1.54, 1.807) is 6.08 Å². The van der Waals surface area contributed by atoms with E-state index in [1.807, 2.05) is 6.08 Å². The third kappa shape index (κ3) is 3.31. The highest BCUT2D eigenvalue weighted by Gasteiger charge is 2.19. The molecule has 0 heterocycles. The lowest BCUT2D eigenvalue weighted by Gasteiger charge is -2.03. The number of carboxylic acid groups (broad SMARTS) is 1. The Morgan fingerprint density at radius 3 is 2.47 bits per heavy atom. The fraction of sp³-hybridized carbons (Fsp3) is 0.267. The molecule has 0 spiro atoms. The first kappa shape index (κ1) is 11.6. The molecular formula is C15H16O2. The van der Waals surface area contributed by atoms with Gasteiger partial charge in [0.15, 0.2) is 0 Å². The number of hydrogen-bond acceptors (Lipinski definition) is 1. The molecule has 88 valence electrons. The Balaban J connectivity index is 1.82. The van der Waals surface area contributed by atoms with Crippen LogP contribution >= 0.6 is 0 Å². The van der Waals surface area contributed by atoms with Gasteiger partial charge in [0.25, 0.3) is 0 Å². The summed E-state index contributed by atoms with van der Waals surface area (Å²) < 4.78 is 0. The van der Waals surface area contributed by atoms with Gasteiger partial charge in [0, 0.05) is 6.08 Å². The van der Waals surface area contributed by atoms with E-state index < -0.39 is 5.97 Å². The van der Waals surface area contributed by atoms with Crippen molar-refractivity contribution in [1.82, 2.24) is 0 Å². The van der Waals surface area contributed by atoms with Crippen molar-refractivity contribution in [2.75, 3.05) is 0 Å². The van der Waals surface area contributed by atoms with Crippen LogP contribution in [0.3, 0.4) is 0 Å². The Labute approximate surface area is 101 Å². The maximum Gasteiger partial charge on any atom is 0.328 e. The van der Waals surface area contributed by atoms with Gasteiger partial charge in [0.1, 0.15) is 0 Å². The summed E-state index contributed by atoms with van der Waals surface area (Å²) in [6.45, 7) is 0. The van der Waals surface area contributed by atoms with Gasteiger partial charge in [0.2, 0.25) is 0 Å². The van der Waals surface area contributed by atoms with Gasteiger partial charge in [-0.25, -0.2) is 4.79 Å². The van der Waals surface area contributed by atoms with Crippen LogP contribution in [0, 0.1) is 5.92 Å². The number of carbonyl (C=O) groups is 1. The Hall–Kier alpha value is -1.83. The Bertz CT molecular complexity index is 433. The van der Waals surface area contributed by atoms with Crippen molar-refractivity contribution in [2.45, 2.75) is 19.3 Å². The average Bonchev–Trinajstić information content (AvgIpc) is 2.70. The maximum atomic E-state index is 10.2. The van der Waals surface area contributed by atoms with E-state index >= 15 is 0 Å². The van der Waals surface area contributed by atoms with Crippen molar-refractivity contribution >= 4 is 5.97 Å². The van der Waals surface area contributed by atoms with Gasteiger partial charge < -0.3 is 5.11 Å². The summed E-state index contributed by atoms with van der Waals surface area (Å²) in [5, 5.41) is 8.42. The van der Waals surface area contributed by atoms with Gasteiger partial charge in [-0.15, -0.1) is 0 Å². The molecule has 0 atom stereocenters. The van der Waals surface area contributed by atoms with Gasteiger partial charge >= 0.3 is 5.97 Å². The number of carboxylic acids is 1. The second-order valence-electron chi connectivity index (χ2n) is 4.40. The van der Waals surface area contributed by atoms with E-state index in [4.69, 9.17) is 5.11 Å². The summed E-state index contributed by atoms with van der Waals surface area (Å²) in [6.07, 6.45) is 9.89. The molecule has 2 heteroatoms. The first-order valence-electron chi connectivity index (χ1n) is 5.88. The molecule has 1 aliphatic rings. The first-order chi connectivity index (χ1) is 8.25. The fourth-order valence-corrected chi connectivity index (χ4v) is 2.30. The molecule has 2 nitrogen and oxygen atoms in total. The fourth-order valence-electron chi connectivity index (χ4n) is 2.30. The van der Waals surface area contributed by atoms with Crippen molar-refractivity contribution < 1.29 is 9.90 Å². The molecule has 0 bridgehead atoms. The molecule has 1 aromatic carbocycles. The van der Waals surface area contributed by atoms with Crippen LogP contribution in [0.5, 0.6) is 0 Å². The zero-order valence-electron chi connectivity index (χ0n) is 9.67. The van der Waals surface area contributed by atoms with Crippen molar-refractivity contribution in [2.24, 2.45) is 5.92 Å². The van der Waals surface area contributed by atoms with E-state index in [9.17, 15) is 4.79 Å². The molecule has 0 saturated carbocycles. The van der Waals surface area contributed by atoms with Crippen LogP contribution in [0.4, 0.5) is 0 Å². The smallest absolute Gasteiger partial charge is 0.328 e.